The van der Waals surface area contributed by atoms with Gasteiger partial charge in [0.15, 0.2) is 5.12 Å². The predicted molar refractivity (Wildman–Crippen MR) is 66.5 cm³/mol. The molecule has 0 aliphatic heterocycles. The van der Waals surface area contributed by atoms with Crippen molar-refractivity contribution >= 4 is 23.2 Å². The molecule has 0 aromatic heterocycles. The van der Waals surface area contributed by atoms with Crippen LogP contribution in [0.3, 0.4) is 0 Å². The monoisotopic (exact) mass is 232 g/mol. The minimum Gasteiger partial charge on any atom is -0.298 e. The smallest absolute Gasteiger partial charge is 0.185 e. The first-order valence-corrected chi connectivity index (χ1v) is 5.88. The highest BCUT2D eigenvalue weighted by Crippen LogP contribution is 2.03. The lowest BCUT2D eigenvalue weighted by Crippen LogP contribution is -1.84. The molecule has 0 bridgehead atoms. The second kappa shape index (κ2) is 6.86. The number of hydrogen-bond acceptors (Lipinski definition) is 3. The summed E-state index contributed by atoms with van der Waals surface area (Å²) >= 11 is 1.28. The molecule has 0 amide bonds. The van der Waals surface area contributed by atoms with Crippen molar-refractivity contribution in [3.63, 3.8) is 0 Å². The largest absolute Gasteiger partial charge is 0.298 e. The second-order valence-corrected chi connectivity index (χ2v) is 4.41. The molecule has 82 valence electrons. The van der Waals surface area contributed by atoms with E-state index in [2.05, 4.69) is 11.8 Å². The lowest BCUT2D eigenvalue weighted by Gasteiger charge is -1.92. The van der Waals surface area contributed by atoms with Crippen LogP contribution in [0.2, 0.25) is 0 Å². The third-order valence-corrected chi connectivity index (χ3v) is 2.60. The first kappa shape index (κ1) is 12.5. The first-order chi connectivity index (χ1) is 7.72. The molecule has 1 aromatic carbocycles. The van der Waals surface area contributed by atoms with Gasteiger partial charge in [-0.05, 0) is 12.1 Å². The van der Waals surface area contributed by atoms with E-state index < -0.39 is 0 Å². The molecule has 0 saturated carbocycles. The fraction of sp³-hybridized carbons (Fsp3) is 0.231. The van der Waals surface area contributed by atoms with E-state index in [4.69, 9.17) is 0 Å². The number of rotatable bonds is 3. The summed E-state index contributed by atoms with van der Waals surface area (Å²) in [5.74, 6) is 6.65. The van der Waals surface area contributed by atoms with Gasteiger partial charge in [0.1, 0.15) is 6.29 Å². The molecule has 0 fully saturated rings. The lowest BCUT2D eigenvalue weighted by molar-refractivity contribution is -0.109. The van der Waals surface area contributed by atoms with Crippen LogP contribution >= 0.6 is 11.8 Å². The van der Waals surface area contributed by atoms with Crippen molar-refractivity contribution in [2.75, 3.05) is 5.75 Å². The molecule has 0 spiro atoms. The van der Waals surface area contributed by atoms with Crippen LogP contribution in [0.4, 0.5) is 0 Å². The van der Waals surface area contributed by atoms with Gasteiger partial charge >= 0.3 is 0 Å². The van der Waals surface area contributed by atoms with Gasteiger partial charge in [-0.25, -0.2) is 0 Å². The second-order valence-electron chi connectivity index (χ2n) is 3.14. The van der Waals surface area contributed by atoms with Crippen molar-refractivity contribution in [1.82, 2.24) is 0 Å². The molecule has 0 N–H and O–H groups in total. The van der Waals surface area contributed by atoms with Gasteiger partial charge in [-0.2, -0.15) is 0 Å². The summed E-state index contributed by atoms with van der Waals surface area (Å²) in [4.78, 5) is 21.2. The van der Waals surface area contributed by atoms with E-state index >= 15 is 0 Å². The predicted octanol–water partition coefficient (Wildman–Crippen LogP) is 2.52. The van der Waals surface area contributed by atoms with Crippen molar-refractivity contribution in [3.8, 4) is 11.8 Å². The Hall–Kier alpha value is -1.53. The van der Waals surface area contributed by atoms with Crippen LogP contribution in [0.5, 0.6) is 0 Å². The van der Waals surface area contributed by atoms with Gasteiger partial charge in [-0.3, -0.25) is 9.59 Å². The van der Waals surface area contributed by atoms with Gasteiger partial charge in [0.25, 0.3) is 0 Å². The molecule has 0 aliphatic rings. The molecule has 0 atom stereocenters. The van der Waals surface area contributed by atoms with E-state index in [1.807, 2.05) is 6.07 Å². The summed E-state index contributed by atoms with van der Waals surface area (Å²) < 4.78 is 0. The van der Waals surface area contributed by atoms with Crippen molar-refractivity contribution in [3.05, 3.63) is 35.4 Å². The molecule has 0 saturated heterocycles. The van der Waals surface area contributed by atoms with E-state index in [9.17, 15) is 9.59 Å². The summed E-state index contributed by atoms with van der Waals surface area (Å²) in [7, 11) is 0. The molecule has 0 radical (unpaired) electrons. The number of aldehydes is 1. The lowest BCUT2D eigenvalue weighted by atomic mass is 10.1. The highest BCUT2D eigenvalue weighted by molar-refractivity contribution is 8.13. The molecule has 1 rings (SSSR count). The van der Waals surface area contributed by atoms with Gasteiger partial charge in [0, 0.05) is 30.2 Å². The van der Waals surface area contributed by atoms with E-state index in [1.165, 1.54) is 11.8 Å². The maximum absolute atomic E-state index is 10.6. The molecule has 0 heterocycles. The summed E-state index contributed by atoms with van der Waals surface area (Å²) in [5.41, 5.74) is 1.46. The SMILES string of the molecule is CC(=O)SCCC#Cc1cccc(C=O)c1. The van der Waals surface area contributed by atoms with Crippen molar-refractivity contribution in [2.45, 2.75) is 13.3 Å². The fourth-order valence-corrected chi connectivity index (χ4v) is 1.59. The molecule has 1 aromatic rings. The Bertz CT molecular complexity index is 441. The third-order valence-electron chi connectivity index (χ3n) is 1.79. The minimum atomic E-state index is 0.116. The van der Waals surface area contributed by atoms with Crippen molar-refractivity contribution in [1.29, 1.82) is 0 Å². The number of carbonyl (C=O) groups is 2. The van der Waals surface area contributed by atoms with Gasteiger partial charge < -0.3 is 0 Å². The maximum atomic E-state index is 10.6. The van der Waals surface area contributed by atoms with Gasteiger partial charge in [-0.15, -0.1) is 0 Å². The van der Waals surface area contributed by atoms with Gasteiger partial charge in [0.05, 0.1) is 0 Å². The Morgan fingerprint density at radius 3 is 3.00 bits per heavy atom. The molecule has 0 aliphatic carbocycles. The maximum Gasteiger partial charge on any atom is 0.185 e. The summed E-state index contributed by atoms with van der Waals surface area (Å²) in [6.07, 6.45) is 1.48. The van der Waals surface area contributed by atoms with E-state index in [1.54, 1.807) is 25.1 Å². The number of carbonyl (C=O) groups excluding carboxylic acids is 2. The van der Waals surface area contributed by atoms with Gasteiger partial charge in [0.2, 0.25) is 0 Å². The summed E-state index contributed by atoms with van der Waals surface area (Å²) in [5, 5.41) is 0.116. The van der Waals surface area contributed by atoms with E-state index in [0.717, 1.165) is 17.6 Å². The van der Waals surface area contributed by atoms with Crippen LogP contribution in [0, 0.1) is 11.8 Å². The van der Waals surface area contributed by atoms with Crippen molar-refractivity contribution < 1.29 is 9.59 Å². The first-order valence-electron chi connectivity index (χ1n) is 4.90. The molecule has 2 nitrogen and oxygen atoms in total. The standard InChI is InChI=1S/C13H12O2S/c1-11(15)16-8-3-2-5-12-6-4-7-13(9-12)10-14/h4,6-7,9-10H,3,8H2,1H3. The average molecular weight is 232 g/mol. The summed E-state index contributed by atoms with van der Waals surface area (Å²) in [6, 6.07) is 7.15. The third kappa shape index (κ3) is 4.81. The van der Waals surface area contributed by atoms with Crippen LogP contribution in [-0.2, 0) is 4.79 Å². The van der Waals surface area contributed by atoms with Crippen LogP contribution in [0.1, 0.15) is 29.3 Å². The van der Waals surface area contributed by atoms with Crippen LogP contribution < -0.4 is 0 Å². The molecule has 0 unspecified atom stereocenters. The fourth-order valence-electron chi connectivity index (χ4n) is 1.10. The summed E-state index contributed by atoms with van der Waals surface area (Å²) in [6.45, 7) is 1.55. The topological polar surface area (TPSA) is 34.1 Å². The Balaban J connectivity index is 2.49. The van der Waals surface area contributed by atoms with Crippen LogP contribution in [0.25, 0.3) is 0 Å². The zero-order valence-electron chi connectivity index (χ0n) is 9.03. The number of benzene rings is 1. The van der Waals surface area contributed by atoms with Crippen molar-refractivity contribution in [2.24, 2.45) is 0 Å². The highest BCUT2D eigenvalue weighted by Gasteiger charge is 1.92. The van der Waals surface area contributed by atoms with E-state index in [0.29, 0.717) is 12.0 Å². The molecular formula is C13H12O2S. The Morgan fingerprint density at radius 1 is 1.50 bits per heavy atom. The Morgan fingerprint density at radius 2 is 2.31 bits per heavy atom. The quantitative estimate of drug-likeness (QED) is 0.456. The van der Waals surface area contributed by atoms with Crippen LogP contribution in [-0.4, -0.2) is 17.2 Å². The minimum absolute atomic E-state index is 0.116. The Labute approximate surface area is 99.4 Å². The number of thioether (sulfide) groups is 1. The zero-order chi connectivity index (χ0) is 11.8. The van der Waals surface area contributed by atoms with E-state index in [-0.39, 0.29) is 5.12 Å². The normalized spacial score (nSPS) is 9.06. The molecule has 16 heavy (non-hydrogen) atoms. The Kier molecular flexibility index (Phi) is 5.38. The van der Waals surface area contributed by atoms with Crippen LogP contribution in [0.15, 0.2) is 24.3 Å². The zero-order valence-corrected chi connectivity index (χ0v) is 9.84. The highest BCUT2D eigenvalue weighted by atomic mass is 32.2. The average Bonchev–Trinajstić information content (AvgIpc) is 2.28. The molecular weight excluding hydrogens is 220 g/mol. The number of hydrogen-bond donors (Lipinski definition) is 0. The van der Waals surface area contributed by atoms with Gasteiger partial charge in [-0.1, -0.05) is 35.7 Å². The molecule has 3 heteroatoms.